The summed E-state index contributed by atoms with van der Waals surface area (Å²) >= 11 is 0. The van der Waals surface area contributed by atoms with Crippen LogP contribution in [-0.4, -0.2) is 49.1 Å². The maximum atomic E-state index is 12.4. The van der Waals surface area contributed by atoms with Gasteiger partial charge in [0.2, 0.25) is 5.91 Å². The summed E-state index contributed by atoms with van der Waals surface area (Å²) in [7, 11) is 1.53. The molecule has 1 aliphatic rings. The highest BCUT2D eigenvalue weighted by Gasteiger charge is 2.43. The van der Waals surface area contributed by atoms with E-state index < -0.39 is 12.1 Å². The molecule has 0 saturated carbocycles. The monoisotopic (exact) mass is 356 g/mol. The second kappa shape index (κ2) is 8.04. The number of carbonyl (C=O) groups is 2. The van der Waals surface area contributed by atoms with E-state index in [1.165, 1.54) is 13.2 Å². The fourth-order valence-electron chi connectivity index (χ4n) is 2.63. The summed E-state index contributed by atoms with van der Waals surface area (Å²) in [6, 6.07) is 6.93. The Kier molecular flexibility index (Phi) is 6.06. The van der Waals surface area contributed by atoms with E-state index in [0.717, 1.165) is 10.5 Å². The number of alkyl halides is 3. The largest absolute Gasteiger partial charge is 0.496 e. The minimum atomic E-state index is -4.85. The molecule has 1 saturated heterocycles. The van der Waals surface area contributed by atoms with Crippen LogP contribution in [0.2, 0.25) is 0 Å². The molecular formula is C17H19F3N2O3. The van der Waals surface area contributed by atoms with Crippen molar-refractivity contribution in [2.75, 3.05) is 20.2 Å². The highest BCUT2D eigenvalue weighted by molar-refractivity contribution is 5.92. The Labute approximate surface area is 143 Å². The van der Waals surface area contributed by atoms with Crippen LogP contribution < -0.4 is 10.1 Å². The molecule has 0 unspecified atom stereocenters. The van der Waals surface area contributed by atoms with Crippen LogP contribution in [0.25, 0.3) is 6.08 Å². The van der Waals surface area contributed by atoms with Gasteiger partial charge in [-0.1, -0.05) is 18.2 Å². The van der Waals surface area contributed by atoms with Crippen molar-refractivity contribution in [3.63, 3.8) is 0 Å². The lowest BCUT2D eigenvalue weighted by Crippen LogP contribution is -2.49. The van der Waals surface area contributed by atoms with E-state index in [0.29, 0.717) is 5.75 Å². The number of rotatable bonds is 4. The maximum Gasteiger partial charge on any atom is 0.471 e. The first-order valence-corrected chi connectivity index (χ1v) is 7.79. The highest BCUT2D eigenvalue weighted by atomic mass is 19.4. The van der Waals surface area contributed by atoms with Crippen molar-refractivity contribution >= 4 is 17.9 Å². The molecule has 136 valence electrons. The fourth-order valence-corrected chi connectivity index (χ4v) is 2.63. The molecule has 0 atom stereocenters. The molecule has 1 fully saturated rings. The van der Waals surface area contributed by atoms with Crippen molar-refractivity contribution < 1.29 is 27.5 Å². The number of para-hydroxylation sites is 1. The number of hydrogen-bond acceptors (Lipinski definition) is 3. The third-order valence-corrected chi connectivity index (χ3v) is 3.92. The Morgan fingerprint density at radius 2 is 1.88 bits per heavy atom. The molecule has 2 rings (SSSR count). The number of benzene rings is 1. The summed E-state index contributed by atoms with van der Waals surface area (Å²) in [6.45, 7) is -0.0565. The summed E-state index contributed by atoms with van der Waals surface area (Å²) in [4.78, 5) is 23.9. The molecular weight excluding hydrogens is 337 g/mol. The zero-order valence-electron chi connectivity index (χ0n) is 13.7. The standard InChI is InChI=1S/C17H19F3N2O3/c1-25-14-5-3-2-4-12(14)6-7-15(23)21-13-8-10-22(11-9-13)16(24)17(18,19)20/h2-7,13H,8-11H2,1H3,(H,21,23)/b7-6+. The van der Waals surface area contributed by atoms with Gasteiger partial charge in [-0.25, -0.2) is 0 Å². The topological polar surface area (TPSA) is 58.6 Å². The van der Waals surface area contributed by atoms with Crippen LogP contribution in [0.4, 0.5) is 13.2 Å². The molecule has 1 heterocycles. The number of amides is 2. The molecule has 2 amide bonds. The van der Waals surface area contributed by atoms with Crippen molar-refractivity contribution in [1.82, 2.24) is 10.2 Å². The van der Waals surface area contributed by atoms with Gasteiger partial charge >= 0.3 is 12.1 Å². The number of likely N-dealkylation sites (tertiary alicyclic amines) is 1. The number of carbonyl (C=O) groups excluding carboxylic acids is 2. The van der Waals surface area contributed by atoms with Gasteiger partial charge in [0, 0.05) is 30.8 Å². The molecule has 1 N–H and O–H groups in total. The first-order valence-electron chi connectivity index (χ1n) is 7.79. The van der Waals surface area contributed by atoms with Crippen LogP contribution in [-0.2, 0) is 9.59 Å². The highest BCUT2D eigenvalue weighted by Crippen LogP contribution is 2.22. The summed E-state index contributed by atoms with van der Waals surface area (Å²) in [6.07, 6.45) is -1.32. The second-order valence-electron chi connectivity index (χ2n) is 5.65. The average molecular weight is 356 g/mol. The zero-order chi connectivity index (χ0) is 18.4. The Morgan fingerprint density at radius 1 is 1.24 bits per heavy atom. The molecule has 0 bridgehead atoms. The number of halogens is 3. The van der Waals surface area contributed by atoms with Gasteiger partial charge in [0.05, 0.1) is 7.11 Å². The van der Waals surface area contributed by atoms with Crippen LogP contribution >= 0.6 is 0 Å². The van der Waals surface area contributed by atoms with Gasteiger partial charge in [-0.15, -0.1) is 0 Å². The molecule has 25 heavy (non-hydrogen) atoms. The Hall–Kier alpha value is -2.51. The molecule has 0 aliphatic carbocycles. The molecule has 1 aliphatic heterocycles. The van der Waals surface area contributed by atoms with Crippen LogP contribution in [0.15, 0.2) is 30.3 Å². The predicted octanol–water partition coefficient (Wildman–Crippen LogP) is 2.38. The molecule has 0 aromatic heterocycles. The Morgan fingerprint density at radius 3 is 2.48 bits per heavy atom. The third-order valence-electron chi connectivity index (χ3n) is 3.92. The van der Waals surface area contributed by atoms with Gasteiger partial charge in [-0.3, -0.25) is 9.59 Å². The van der Waals surface area contributed by atoms with Crippen molar-refractivity contribution in [2.45, 2.75) is 25.1 Å². The van der Waals surface area contributed by atoms with Gasteiger partial charge in [0.1, 0.15) is 5.75 Å². The molecule has 0 spiro atoms. The minimum absolute atomic E-state index is 0.0283. The third kappa shape index (κ3) is 5.23. The maximum absolute atomic E-state index is 12.4. The number of ether oxygens (including phenoxy) is 1. The van der Waals surface area contributed by atoms with E-state index in [2.05, 4.69) is 5.32 Å². The average Bonchev–Trinajstić information content (AvgIpc) is 2.59. The molecule has 5 nitrogen and oxygen atoms in total. The molecule has 1 aromatic rings. The van der Waals surface area contributed by atoms with Gasteiger partial charge in [-0.2, -0.15) is 13.2 Å². The van der Waals surface area contributed by atoms with Crippen LogP contribution in [0.3, 0.4) is 0 Å². The normalized spacial score (nSPS) is 16.1. The van der Waals surface area contributed by atoms with E-state index in [4.69, 9.17) is 4.74 Å². The van der Waals surface area contributed by atoms with Crippen molar-refractivity contribution in [2.24, 2.45) is 0 Å². The smallest absolute Gasteiger partial charge is 0.471 e. The number of hydrogen-bond donors (Lipinski definition) is 1. The minimum Gasteiger partial charge on any atom is -0.496 e. The van der Waals surface area contributed by atoms with Crippen molar-refractivity contribution in [3.05, 3.63) is 35.9 Å². The fraction of sp³-hybridized carbons (Fsp3) is 0.412. The summed E-state index contributed by atoms with van der Waals surface area (Å²) in [5, 5.41) is 2.74. The lowest BCUT2D eigenvalue weighted by Gasteiger charge is -2.32. The summed E-state index contributed by atoms with van der Waals surface area (Å²) in [5.41, 5.74) is 0.741. The van der Waals surface area contributed by atoms with Gasteiger partial charge in [0.15, 0.2) is 0 Å². The van der Waals surface area contributed by atoms with Crippen LogP contribution in [0.5, 0.6) is 5.75 Å². The van der Waals surface area contributed by atoms with E-state index in [9.17, 15) is 22.8 Å². The Balaban J connectivity index is 1.84. The quantitative estimate of drug-likeness (QED) is 0.843. The number of methoxy groups -OCH3 is 1. The second-order valence-corrected chi connectivity index (χ2v) is 5.65. The number of nitrogens with one attached hydrogen (secondary N) is 1. The lowest BCUT2D eigenvalue weighted by molar-refractivity contribution is -0.186. The van der Waals surface area contributed by atoms with E-state index in [1.807, 2.05) is 12.1 Å². The van der Waals surface area contributed by atoms with Gasteiger partial charge in [0.25, 0.3) is 0 Å². The first-order chi connectivity index (χ1) is 11.8. The van der Waals surface area contributed by atoms with E-state index in [1.54, 1.807) is 18.2 Å². The zero-order valence-corrected chi connectivity index (χ0v) is 13.7. The predicted molar refractivity (Wildman–Crippen MR) is 85.8 cm³/mol. The number of piperidine rings is 1. The van der Waals surface area contributed by atoms with Gasteiger partial charge < -0.3 is 15.0 Å². The van der Waals surface area contributed by atoms with Crippen LogP contribution in [0, 0.1) is 0 Å². The summed E-state index contributed by atoms with van der Waals surface area (Å²) < 4.78 is 42.3. The van der Waals surface area contributed by atoms with E-state index >= 15 is 0 Å². The summed E-state index contributed by atoms with van der Waals surface area (Å²) in [5.74, 6) is -1.54. The Bertz CT molecular complexity index is 651. The molecule has 0 radical (unpaired) electrons. The van der Waals surface area contributed by atoms with Crippen molar-refractivity contribution in [1.29, 1.82) is 0 Å². The SMILES string of the molecule is COc1ccccc1/C=C/C(=O)NC1CCN(C(=O)C(F)(F)F)CC1. The first kappa shape index (κ1) is 18.8. The van der Waals surface area contributed by atoms with Gasteiger partial charge in [-0.05, 0) is 25.0 Å². The molecule has 8 heteroatoms. The molecule has 1 aromatic carbocycles. The van der Waals surface area contributed by atoms with Crippen molar-refractivity contribution in [3.8, 4) is 5.75 Å². The lowest BCUT2D eigenvalue weighted by atomic mass is 10.0. The number of nitrogens with zero attached hydrogens (tertiary/aromatic N) is 1. The van der Waals surface area contributed by atoms with E-state index in [-0.39, 0.29) is 37.9 Å². The van der Waals surface area contributed by atoms with Crippen LogP contribution in [0.1, 0.15) is 18.4 Å².